The molecule has 1 rings (SSSR count). The van der Waals surface area contributed by atoms with Gasteiger partial charge in [-0.15, -0.1) is 0 Å². The van der Waals surface area contributed by atoms with E-state index < -0.39 is 0 Å². The van der Waals surface area contributed by atoms with Crippen LogP contribution in [0.3, 0.4) is 0 Å². The molecular weight excluding hydrogens is 183 g/mol. The number of nitrogens with one attached hydrogen (secondary N) is 1. The molecule has 0 aliphatic carbocycles. The highest BCUT2D eigenvalue weighted by atomic mass is 19.1. The Kier molecular flexibility index (Phi) is 4.32. The standard InChI is InChI=1S/C10H15FN2O/c1-2-9(5-6-14)13-10-4-3-8(11)7-12-10/h3-4,7,9,14H,2,5-6H2,1H3,(H,12,13). The summed E-state index contributed by atoms with van der Waals surface area (Å²) in [5.41, 5.74) is 0. The molecule has 0 saturated carbocycles. The number of hydrogen-bond acceptors (Lipinski definition) is 3. The van der Waals surface area contributed by atoms with Crippen molar-refractivity contribution in [1.82, 2.24) is 4.98 Å². The number of hydrogen-bond donors (Lipinski definition) is 2. The highest BCUT2D eigenvalue weighted by Gasteiger charge is 2.05. The second kappa shape index (κ2) is 5.54. The number of halogens is 1. The lowest BCUT2D eigenvalue weighted by Crippen LogP contribution is -2.20. The number of nitrogens with zero attached hydrogens (tertiary/aromatic N) is 1. The Bertz CT molecular complexity index is 263. The molecule has 0 radical (unpaired) electrons. The van der Waals surface area contributed by atoms with E-state index in [2.05, 4.69) is 10.3 Å². The molecule has 0 aliphatic rings. The lowest BCUT2D eigenvalue weighted by molar-refractivity contribution is 0.278. The lowest BCUT2D eigenvalue weighted by Gasteiger charge is -2.15. The first kappa shape index (κ1) is 10.9. The third-order valence-corrected chi connectivity index (χ3v) is 2.05. The molecule has 0 amide bonds. The van der Waals surface area contributed by atoms with E-state index in [4.69, 9.17) is 5.11 Å². The maximum Gasteiger partial charge on any atom is 0.141 e. The maximum atomic E-state index is 12.5. The van der Waals surface area contributed by atoms with Gasteiger partial charge >= 0.3 is 0 Å². The van der Waals surface area contributed by atoms with Crippen molar-refractivity contribution in [3.63, 3.8) is 0 Å². The first-order valence-electron chi connectivity index (χ1n) is 4.75. The number of aliphatic hydroxyl groups is 1. The van der Waals surface area contributed by atoms with Crippen LogP contribution in [0, 0.1) is 5.82 Å². The Labute approximate surface area is 83.0 Å². The summed E-state index contributed by atoms with van der Waals surface area (Å²) in [6.07, 6.45) is 2.75. The largest absolute Gasteiger partial charge is 0.396 e. The fraction of sp³-hybridized carbons (Fsp3) is 0.500. The number of aliphatic hydroxyl groups excluding tert-OH is 1. The SMILES string of the molecule is CCC(CCO)Nc1ccc(F)cn1. The molecule has 0 aromatic carbocycles. The molecule has 1 atom stereocenters. The minimum atomic E-state index is -0.342. The summed E-state index contributed by atoms with van der Waals surface area (Å²) in [5.74, 6) is 0.303. The quantitative estimate of drug-likeness (QED) is 0.758. The van der Waals surface area contributed by atoms with Crippen molar-refractivity contribution in [3.05, 3.63) is 24.1 Å². The molecule has 0 spiro atoms. The normalized spacial score (nSPS) is 12.5. The van der Waals surface area contributed by atoms with Crippen LogP contribution >= 0.6 is 0 Å². The van der Waals surface area contributed by atoms with Gasteiger partial charge in [-0.2, -0.15) is 0 Å². The van der Waals surface area contributed by atoms with E-state index in [0.29, 0.717) is 12.2 Å². The summed E-state index contributed by atoms with van der Waals surface area (Å²) in [6, 6.07) is 3.15. The van der Waals surface area contributed by atoms with Crippen LogP contribution in [-0.4, -0.2) is 22.7 Å². The average molecular weight is 198 g/mol. The number of anilines is 1. The molecule has 0 fully saturated rings. The van der Waals surface area contributed by atoms with Gasteiger partial charge < -0.3 is 10.4 Å². The minimum absolute atomic E-state index is 0.146. The molecule has 1 heterocycles. The van der Waals surface area contributed by atoms with E-state index in [1.807, 2.05) is 6.92 Å². The smallest absolute Gasteiger partial charge is 0.141 e. The molecule has 0 saturated heterocycles. The Morgan fingerprint density at radius 3 is 2.86 bits per heavy atom. The third-order valence-electron chi connectivity index (χ3n) is 2.05. The predicted molar refractivity (Wildman–Crippen MR) is 53.6 cm³/mol. The summed E-state index contributed by atoms with van der Waals surface area (Å²) in [4.78, 5) is 3.88. The molecule has 14 heavy (non-hydrogen) atoms. The van der Waals surface area contributed by atoms with Crippen LogP contribution in [-0.2, 0) is 0 Å². The van der Waals surface area contributed by atoms with E-state index in [1.54, 1.807) is 6.07 Å². The van der Waals surface area contributed by atoms with Gasteiger partial charge in [-0.25, -0.2) is 9.37 Å². The minimum Gasteiger partial charge on any atom is -0.396 e. The average Bonchev–Trinajstić information content (AvgIpc) is 2.20. The molecule has 0 bridgehead atoms. The van der Waals surface area contributed by atoms with Crippen molar-refractivity contribution in [2.45, 2.75) is 25.8 Å². The lowest BCUT2D eigenvalue weighted by atomic mass is 10.1. The summed E-state index contributed by atoms with van der Waals surface area (Å²) in [5, 5.41) is 11.9. The van der Waals surface area contributed by atoms with Gasteiger partial charge in [0.15, 0.2) is 0 Å². The van der Waals surface area contributed by atoms with E-state index in [1.165, 1.54) is 12.3 Å². The van der Waals surface area contributed by atoms with Crippen LogP contribution in [0.5, 0.6) is 0 Å². The van der Waals surface area contributed by atoms with E-state index >= 15 is 0 Å². The van der Waals surface area contributed by atoms with Crippen molar-refractivity contribution in [3.8, 4) is 0 Å². The first-order chi connectivity index (χ1) is 6.76. The molecule has 4 heteroatoms. The van der Waals surface area contributed by atoms with Gasteiger partial charge in [0.25, 0.3) is 0 Å². The Hall–Kier alpha value is -1.16. The van der Waals surface area contributed by atoms with E-state index in [9.17, 15) is 4.39 Å². The predicted octanol–water partition coefficient (Wildman–Crippen LogP) is 1.79. The Morgan fingerprint density at radius 1 is 1.57 bits per heavy atom. The van der Waals surface area contributed by atoms with Gasteiger partial charge in [0.05, 0.1) is 6.20 Å². The zero-order valence-electron chi connectivity index (χ0n) is 8.20. The fourth-order valence-electron chi connectivity index (χ4n) is 1.20. The van der Waals surface area contributed by atoms with Gasteiger partial charge in [-0.1, -0.05) is 6.92 Å². The zero-order chi connectivity index (χ0) is 10.4. The summed E-state index contributed by atoms with van der Waals surface area (Å²) in [7, 11) is 0. The molecule has 78 valence electrons. The third kappa shape index (κ3) is 3.30. The van der Waals surface area contributed by atoms with Gasteiger partial charge in [0.2, 0.25) is 0 Å². The van der Waals surface area contributed by atoms with Gasteiger partial charge in [-0.05, 0) is 25.0 Å². The van der Waals surface area contributed by atoms with E-state index in [0.717, 1.165) is 6.42 Å². The second-order valence-corrected chi connectivity index (χ2v) is 3.12. The molecule has 1 unspecified atom stereocenters. The molecule has 1 aromatic heterocycles. The van der Waals surface area contributed by atoms with Gasteiger partial charge in [0.1, 0.15) is 11.6 Å². The Balaban J connectivity index is 2.53. The van der Waals surface area contributed by atoms with Crippen molar-refractivity contribution < 1.29 is 9.50 Å². The van der Waals surface area contributed by atoms with Crippen molar-refractivity contribution in [1.29, 1.82) is 0 Å². The summed E-state index contributed by atoms with van der Waals surface area (Å²) >= 11 is 0. The monoisotopic (exact) mass is 198 g/mol. The van der Waals surface area contributed by atoms with Crippen LogP contribution in [0.2, 0.25) is 0 Å². The molecule has 3 nitrogen and oxygen atoms in total. The van der Waals surface area contributed by atoms with Gasteiger partial charge in [-0.3, -0.25) is 0 Å². The highest BCUT2D eigenvalue weighted by molar-refractivity contribution is 5.34. The van der Waals surface area contributed by atoms with Crippen LogP contribution in [0.4, 0.5) is 10.2 Å². The van der Waals surface area contributed by atoms with Crippen molar-refractivity contribution in [2.75, 3.05) is 11.9 Å². The fourth-order valence-corrected chi connectivity index (χ4v) is 1.20. The van der Waals surface area contributed by atoms with Crippen molar-refractivity contribution in [2.24, 2.45) is 0 Å². The van der Waals surface area contributed by atoms with Crippen LogP contribution in [0.25, 0.3) is 0 Å². The summed E-state index contributed by atoms with van der Waals surface area (Å²) in [6.45, 7) is 2.17. The molecule has 2 N–H and O–H groups in total. The molecule has 1 aromatic rings. The van der Waals surface area contributed by atoms with E-state index in [-0.39, 0.29) is 18.5 Å². The molecular formula is C10H15FN2O. The second-order valence-electron chi connectivity index (χ2n) is 3.12. The summed E-state index contributed by atoms with van der Waals surface area (Å²) < 4.78 is 12.5. The highest BCUT2D eigenvalue weighted by Crippen LogP contribution is 2.08. The molecule has 0 aliphatic heterocycles. The van der Waals surface area contributed by atoms with Crippen LogP contribution in [0.1, 0.15) is 19.8 Å². The topological polar surface area (TPSA) is 45.1 Å². The number of aromatic nitrogens is 1. The number of rotatable bonds is 5. The van der Waals surface area contributed by atoms with Crippen LogP contribution < -0.4 is 5.32 Å². The maximum absolute atomic E-state index is 12.5. The first-order valence-corrected chi connectivity index (χ1v) is 4.75. The number of pyridine rings is 1. The Morgan fingerprint density at radius 2 is 2.36 bits per heavy atom. The van der Waals surface area contributed by atoms with Crippen molar-refractivity contribution >= 4 is 5.82 Å². The zero-order valence-corrected chi connectivity index (χ0v) is 8.20. The van der Waals surface area contributed by atoms with Crippen LogP contribution in [0.15, 0.2) is 18.3 Å². The van der Waals surface area contributed by atoms with Gasteiger partial charge in [0, 0.05) is 12.6 Å².